The molecule has 11 atom stereocenters. The number of carboxylic acid groups (broad SMARTS) is 1. The summed E-state index contributed by atoms with van der Waals surface area (Å²) in [5, 5.41) is 30.7. The summed E-state index contributed by atoms with van der Waals surface area (Å²) >= 11 is 0. The molecule has 6 aliphatic rings. The third kappa shape index (κ3) is 4.19. The van der Waals surface area contributed by atoms with Crippen LogP contribution in [0.1, 0.15) is 119 Å². The van der Waals surface area contributed by atoms with Gasteiger partial charge in [0.05, 0.1) is 24.2 Å². The minimum absolute atomic E-state index is 0.0331. The molecule has 4 saturated carbocycles. The molecule has 6 heteroatoms. The second kappa shape index (κ2) is 9.52. The molecule has 1 aliphatic heterocycles. The molecule has 5 fully saturated rings. The molecule has 6 nitrogen and oxygen atoms in total. The second-order valence-electron chi connectivity index (χ2n) is 17.3. The van der Waals surface area contributed by atoms with E-state index in [1.54, 1.807) is 0 Å². The van der Waals surface area contributed by atoms with Crippen molar-refractivity contribution in [3.8, 4) is 0 Å². The lowest BCUT2D eigenvalue weighted by molar-refractivity contribution is -0.275. The maximum absolute atomic E-state index is 12.9. The van der Waals surface area contributed by atoms with Gasteiger partial charge in [-0.15, -0.1) is 0 Å². The molecule has 0 bridgehead atoms. The maximum atomic E-state index is 12.9. The van der Waals surface area contributed by atoms with Gasteiger partial charge in [0.1, 0.15) is 6.10 Å². The van der Waals surface area contributed by atoms with E-state index < -0.39 is 29.9 Å². The highest BCUT2D eigenvalue weighted by Crippen LogP contribution is 2.75. The molecule has 0 aromatic rings. The van der Waals surface area contributed by atoms with Crippen molar-refractivity contribution in [1.29, 1.82) is 0 Å². The van der Waals surface area contributed by atoms with E-state index in [0.717, 1.165) is 57.8 Å². The normalized spacial score (nSPS) is 52.2. The van der Waals surface area contributed by atoms with Gasteiger partial charge in [-0.25, -0.2) is 0 Å². The van der Waals surface area contributed by atoms with Crippen LogP contribution in [0, 0.1) is 50.2 Å². The van der Waals surface area contributed by atoms with Crippen molar-refractivity contribution in [1.82, 2.24) is 0 Å². The molecular formula is C35H56O6. The van der Waals surface area contributed by atoms with E-state index >= 15 is 0 Å². The summed E-state index contributed by atoms with van der Waals surface area (Å²) < 4.78 is 12.4. The fourth-order valence-corrected chi connectivity index (χ4v) is 11.9. The van der Waals surface area contributed by atoms with E-state index in [1.807, 2.05) is 0 Å². The molecule has 1 saturated heterocycles. The average Bonchev–Trinajstić information content (AvgIpc) is 2.88. The Morgan fingerprint density at radius 2 is 1.61 bits per heavy atom. The highest BCUT2D eigenvalue weighted by molar-refractivity contribution is 5.76. The Labute approximate surface area is 247 Å². The number of aliphatic hydroxyl groups excluding tert-OH is 2. The fourth-order valence-electron chi connectivity index (χ4n) is 11.9. The van der Waals surface area contributed by atoms with Crippen molar-refractivity contribution in [2.75, 3.05) is 6.61 Å². The summed E-state index contributed by atoms with van der Waals surface area (Å²) in [7, 11) is 0. The third-order valence-electron chi connectivity index (χ3n) is 14.6. The Bertz CT molecular complexity index is 1100. The molecule has 5 aliphatic carbocycles. The number of hydrogen-bond acceptors (Lipinski definition) is 5. The van der Waals surface area contributed by atoms with Crippen LogP contribution in [0.15, 0.2) is 11.6 Å². The van der Waals surface area contributed by atoms with Gasteiger partial charge < -0.3 is 24.8 Å². The zero-order chi connectivity index (χ0) is 29.8. The van der Waals surface area contributed by atoms with Crippen molar-refractivity contribution in [2.45, 2.75) is 144 Å². The number of aliphatic hydroxyl groups is 2. The lowest BCUT2D eigenvalue weighted by Crippen LogP contribution is -2.65. The molecule has 0 amide bonds. The molecular weight excluding hydrogens is 516 g/mol. The Kier molecular flexibility index (Phi) is 6.99. The van der Waals surface area contributed by atoms with Crippen LogP contribution in [0.5, 0.6) is 0 Å². The molecule has 0 spiro atoms. The molecule has 6 rings (SSSR count). The Hall–Kier alpha value is -0.950. The quantitative estimate of drug-likeness (QED) is 0.256. The Balaban J connectivity index is 1.30. The Morgan fingerprint density at radius 1 is 0.902 bits per heavy atom. The minimum atomic E-state index is -0.834. The molecule has 0 aromatic heterocycles. The van der Waals surface area contributed by atoms with Gasteiger partial charge in [-0.05, 0) is 109 Å². The minimum Gasteiger partial charge on any atom is -0.481 e. The SMILES string of the molecule is CC1(C)CC[C@]2(C(=O)O)CC[C@]3(C)C(=CCC4[C@@]5(C)CC[C@H](O[C@H]6C[C@@H](O)[C@@H](O)CO6)C(C)(C)C5CC[C@]43C)[C@@H]2C1. The zero-order valence-electron chi connectivity index (χ0n) is 26.7. The van der Waals surface area contributed by atoms with Crippen LogP contribution < -0.4 is 0 Å². The summed E-state index contributed by atoms with van der Waals surface area (Å²) in [6.07, 6.45) is 10.9. The zero-order valence-corrected chi connectivity index (χ0v) is 26.7. The van der Waals surface area contributed by atoms with Gasteiger partial charge in [0, 0.05) is 6.42 Å². The largest absolute Gasteiger partial charge is 0.481 e. The maximum Gasteiger partial charge on any atom is 0.310 e. The van der Waals surface area contributed by atoms with Gasteiger partial charge in [0.2, 0.25) is 0 Å². The number of aliphatic carboxylic acids is 1. The first kappa shape index (κ1) is 30.1. The van der Waals surface area contributed by atoms with E-state index in [9.17, 15) is 20.1 Å². The van der Waals surface area contributed by atoms with Crippen LogP contribution in [0.3, 0.4) is 0 Å². The number of fused-ring (bicyclic) bond motifs is 7. The van der Waals surface area contributed by atoms with Gasteiger partial charge >= 0.3 is 5.97 Å². The number of ether oxygens (including phenoxy) is 2. The first-order valence-corrected chi connectivity index (χ1v) is 16.6. The monoisotopic (exact) mass is 572 g/mol. The lowest BCUT2D eigenvalue weighted by atomic mass is 9.33. The fraction of sp³-hybridized carbons (Fsp3) is 0.914. The highest BCUT2D eigenvalue weighted by Gasteiger charge is 2.69. The summed E-state index contributed by atoms with van der Waals surface area (Å²) in [4.78, 5) is 12.9. The van der Waals surface area contributed by atoms with Crippen LogP contribution in [0.25, 0.3) is 0 Å². The summed E-state index contributed by atoms with van der Waals surface area (Å²) in [5.74, 6) is 0.656. The summed E-state index contributed by atoms with van der Waals surface area (Å²) in [6, 6.07) is 0. The van der Waals surface area contributed by atoms with E-state index in [0.29, 0.717) is 18.3 Å². The summed E-state index contributed by atoms with van der Waals surface area (Å²) in [6.45, 7) is 17.2. The van der Waals surface area contributed by atoms with Crippen molar-refractivity contribution in [3.63, 3.8) is 0 Å². The van der Waals surface area contributed by atoms with E-state index in [1.165, 1.54) is 12.0 Å². The molecule has 41 heavy (non-hydrogen) atoms. The van der Waals surface area contributed by atoms with Crippen LogP contribution in [-0.4, -0.2) is 52.5 Å². The van der Waals surface area contributed by atoms with Gasteiger partial charge in [-0.3, -0.25) is 4.79 Å². The van der Waals surface area contributed by atoms with E-state index in [2.05, 4.69) is 54.5 Å². The molecule has 0 radical (unpaired) electrons. The molecule has 1 heterocycles. The number of rotatable bonds is 3. The molecule has 2 unspecified atom stereocenters. The summed E-state index contributed by atoms with van der Waals surface area (Å²) in [5.41, 5.74) is 1.40. The first-order valence-electron chi connectivity index (χ1n) is 16.6. The van der Waals surface area contributed by atoms with Crippen LogP contribution in [0.4, 0.5) is 0 Å². The Morgan fingerprint density at radius 3 is 2.29 bits per heavy atom. The van der Waals surface area contributed by atoms with Gasteiger partial charge in [-0.1, -0.05) is 60.1 Å². The molecule has 232 valence electrons. The van der Waals surface area contributed by atoms with Crippen LogP contribution in [0.2, 0.25) is 0 Å². The second-order valence-corrected chi connectivity index (χ2v) is 17.3. The number of allylic oxidation sites excluding steroid dienone is 2. The topological polar surface area (TPSA) is 96.2 Å². The van der Waals surface area contributed by atoms with Crippen LogP contribution >= 0.6 is 0 Å². The predicted octanol–water partition coefficient (Wildman–Crippen LogP) is 6.73. The van der Waals surface area contributed by atoms with Crippen LogP contribution in [-0.2, 0) is 14.3 Å². The van der Waals surface area contributed by atoms with Crippen molar-refractivity contribution < 1.29 is 29.6 Å². The lowest BCUT2D eigenvalue weighted by Gasteiger charge is -2.71. The smallest absolute Gasteiger partial charge is 0.310 e. The first-order chi connectivity index (χ1) is 19.0. The van der Waals surface area contributed by atoms with E-state index in [-0.39, 0.29) is 45.7 Å². The van der Waals surface area contributed by atoms with Gasteiger partial charge in [-0.2, -0.15) is 0 Å². The van der Waals surface area contributed by atoms with Crippen molar-refractivity contribution in [3.05, 3.63) is 11.6 Å². The third-order valence-corrected chi connectivity index (χ3v) is 14.6. The number of hydrogen-bond donors (Lipinski definition) is 3. The molecule has 0 aromatic carbocycles. The molecule has 3 N–H and O–H groups in total. The van der Waals surface area contributed by atoms with Crippen molar-refractivity contribution >= 4 is 5.97 Å². The van der Waals surface area contributed by atoms with Gasteiger partial charge in [0.15, 0.2) is 6.29 Å². The number of carboxylic acids is 1. The van der Waals surface area contributed by atoms with E-state index in [4.69, 9.17) is 9.47 Å². The van der Waals surface area contributed by atoms with Crippen molar-refractivity contribution in [2.24, 2.45) is 50.2 Å². The standard InChI is InChI=1S/C35H56O6/c1-30(2)14-16-35(29(38)39)17-15-33(6)21(22(35)19-30)8-9-26-32(5)12-11-27(41-28-18-23(36)24(37)20-40-28)31(3,4)25(32)10-13-34(26,33)7/h8,22-28,36-37H,9-20H2,1-7H3,(H,38,39)/t22-,23+,24-,25?,26?,27-,28-,32-,33+,34+,35-/m0/s1. The average molecular weight is 573 g/mol. The number of carbonyl (C=O) groups is 1. The van der Waals surface area contributed by atoms with Gasteiger partial charge in [0.25, 0.3) is 0 Å². The predicted molar refractivity (Wildman–Crippen MR) is 158 cm³/mol. The highest BCUT2D eigenvalue weighted by atomic mass is 16.7.